The Morgan fingerprint density at radius 1 is 1.39 bits per heavy atom. The van der Waals surface area contributed by atoms with E-state index in [9.17, 15) is 0 Å². The van der Waals surface area contributed by atoms with Gasteiger partial charge >= 0.3 is 0 Å². The molecule has 1 atom stereocenters. The highest BCUT2D eigenvalue weighted by molar-refractivity contribution is 4.98. The molecule has 0 spiro atoms. The SMILES string of the molecule is CN(C)CCC1CCCCN1Cc1cncn1C. The summed E-state index contributed by atoms with van der Waals surface area (Å²) in [6.07, 6.45) is 9.26. The van der Waals surface area contributed by atoms with Gasteiger partial charge in [0.05, 0.1) is 12.0 Å². The van der Waals surface area contributed by atoms with Crippen LogP contribution in [0.15, 0.2) is 12.5 Å². The van der Waals surface area contributed by atoms with E-state index in [1.165, 1.54) is 44.5 Å². The Morgan fingerprint density at radius 3 is 2.89 bits per heavy atom. The summed E-state index contributed by atoms with van der Waals surface area (Å²) in [6, 6.07) is 0.746. The molecule has 1 unspecified atom stereocenters. The molecule has 1 aromatic rings. The first kappa shape index (κ1) is 13.6. The van der Waals surface area contributed by atoms with Crippen LogP contribution in [0.1, 0.15) is 31.4 Å². The van der Waals surface area contributed by atoms with Crippen LogP contribution in [0.4, 0.5) is 0 Å². The number of piperidine rings is 1. The molecule has 1 fully saturated rings. The maximum atomic E-state index is 4.21. The summed E-state index contributed by atoms with van der Waals surface area (Å²) in [5, 5.41) is 0. The summed E-state index contributed by atoms with van der Waals surface area (Å²) < 4.78 is 2.14. The fourth-order valence-electron chi connectivity index (χ4n) is 2.75. The van der Waals surface area contributed by atoms with Gasteiger partial charge in [-0.15, -0.1) is 0 Å². The van der Waals surface area contributed by atoms with Crippen LogP contribution in [0.5, 0.6) is 0 Å². The summed E-state index contributed by atoms with van der Waals surface area (Å²) in [6.45, 7) is 3.48. The summed E-state index contributed by atoms with van der Waals surface area (Å²) in [5.74, 6) is 0. The molecule has 0 bridgehead atoms. The van der Waals surface area contributed by atoms with Crippen molar-refractivity contribution in [2.45, 2.75) is 38.3 Å². The zero-order valence-corrected chi connectivity index (χ0v) is 12.0. The van der Waals surface area contributed by atoms with E-state index >= 15 is 0 Å². The van der Waals surface area contributed by atoms with Crippen molar-refractivity contribution in [3.05, 3.63) is 18.2 Å². The number of nitrogens with zero attached hydrogens (tertiary/aromatic N) is 4. The van der Waals surface area contributed by atoms with Gasteiger partial charge in [0.1, 0.15) is 0 Å². The van der Waals surface area contributed by atoms with Crippen molar-refractivity contribution in [2.24, 2.45) is 7.05 Å². The van der Waals surface area contributed by atoms with Crippen LogP contribution in [-0.4, -0.2) is 52.6 Å². The van der Waals surface area contributed by atoms with E-state index in [1.54, 1.807) is 0 Å². The summed E-state index contributed by atoms with van der Waals surface area (Å²) in [4.78, 5) is 9.15. The van der Waals surface area contributed by atoms with Crippen molar-refractivity contribution in [2.75, 3.05) is 27.2 Å². The molecule has 4 nitrogen and oxygen atoms in total. The van der Waals surface area contributed by atoms with Crippen molar-refractivity contribution < 1.29 is 0 Å². The zero-order valence-electron chi connectivity index (χ0n) is 12.0. The smallest absolute Gasteiger partial charge is 0.0945 e. The molecule has 1 aromatic heterocycles. The Kier molecular flexibility index (Phi) is 4.78. The number of rotatable bonds is 5. The molecular formula is C14H26N4. The van der Waals surface area contributed by atoms with E-state index in [2.05, 4.69) is 40.5 Å². The number of aryl methyl sites for hydroxylation is 1. The summed E-state index contributed by atoms with van der Waals surface area (Å²) >= 11 is 0. The third-order valence-electron chi connectivity index (χ3n) is 3.94. The highest BCUT2D eigenvalue weighted by Crippen LogP contribution is 2.21. The predicted molar refractivity (Wildman–Crippen MR) is 74.4 cm³/mol. The Labute approximate surface area is 111 Å². The lowest BCUT2D eigenvalue weighted by Crippen LogP contribution is -2.40. The number of imidazole rings is 1. The number of hydrogen-bond acceptors (Lipinski definition) is 3. The van der Waals surface area contributed by atoms with Gasteiger partial charge in [-0.3, -0.25) is 4.90 Å². The molecule has 4 heteroatoms. The Balaban J connectivity index is 1.93. The first-order valence-electron chi connectivity index (χ1n) is 7.01. The molecule has 0 amide bonds. The fourth-order valence-corrected chi connectivity index (χ4v) is 2.75. The first-order chi connectivity index (χ1) is 8.66. The Morgan fingerprint density at radius 2 is 2.22 bits per heavy atom. The van der Waals surface area contributed by atoms with Crippen LogP contribution in [0, 0.1) is 0 Å². The van der Waals surface area contributed by atoms with Gasteiger partial charge in [0, 0.05) is 25.8 Å². The van der Waals surface area contributed by atoms with Gasteiger partial charge in [0.2, 0.25) is 0 Å². The van der Waals surface area contributed by atoms with Crippen molar-refractivity contribution in [1.29, 1.82) is 0 Å². The Bertz CT molecular complexity index is 358. The fraction of sp³-hybridized carbons (Fsp3) is 0.786. The maximum Gasteiger partial charge on any atom is 0.0945 e. The molecule has 2 heterocycles. The molecule has 1 aliphatic rings. The van der Waals surface area contributed by atoms with Crippen molar-refractivity contribution in [3.8, 4) is 0 Å². The highest BCUT2D eigenvalue weighted by Gasteiger charge is 2.22. The lowest BCUT2D eigenvalue weighted by atomic mass is 9.99. The van der Waals surface area contributed by atoms with Crippen LogP contribution >= 0.6 is 0 Å². The largest absolute Gasteiger partial charge is 0.337 e. The van der Waals surface area contributed by atoms with Gasteiger partial charge in [-0.2, -0.15) is 0 Å². The van der Waals surface area contributed by atoms with Gasteiger partial charge in [0.15, 0.2) is 0 Å². The van der Waals surface area contributed by atoms with Crippen LogP contribution in [0.25, 0.3) is 0 Å². The highest BCUT2D eigenvalue weighted by atomic mass is 15.2. The molecule has 102 valence electrons. The van der Waals surface area contributed by atoms with E-state index in [1.807, 2.05) is 12.5 Å². The normalized spacial score (nSPS) is 21.7. The van der Waals surface area contributed by atoms with Gasteiger partial charge in [-0.05, 0) is 46.4 Å². The van der Waals surface area contributed by atoms with E-state index in [4.69, 9.17) is 0 Å². The topological polar surface area (TPSA) is 24.3 Å². The molecule has 0 N–H and O–H groups in total. The second kappa shape index (κ2) is 6.34. The molecule has 1 saturated heterocycles. The van der Waals surface area contributed by atoms with Gasteiger partial charge in [0.25, 0.3) is 0 Å². The molecule has 2 rings (SSSR count). The second-order valence-corrected chi connectivity index (χ2v) is 5.71. The quantitative estimate of drug-likeness (QED) is 0.795. The average Bonchev–Trinajstić information content (AvgIpc) is 2.74. The predicted octanol–water partition coefficient (Wildman–Crippen LogP) is 1.73. The van der Waals surface area contributed by atoms with Gasteiger partial charge in [-0.1, -0.05) is 6.42 Å². The molecule has 0 saturated carbocycles. The molecule has 0 aliphatic carbocycles. The van der Waals surface area contributed by atoms with Crippen molar-refractivity contribution in [3.63, 3.8) is 0 Å². The van der Waals surface area contributed by atoms with Gasteiger partial charge < -0.3 is 9.47 Å². The van der Waals surface area contributed by atoms with E-state index in [-0.39, 0.29) is 0 Å². The lowest BCUT2D eigenvalue weighted by Gasteiger charge is -2.36. The minimum absolute atomic E-state index is 0.746. The summed E-state index contributed by atoms with van der Waals surface area (Å²) in [5.41, 5.74) is 1.33. The summed E-state index contributed by atoms with van der Waals surface area (Å²) in [7, 11) is 6.41. The Hall–Kier alpha value is -0.870. The first-order valence-corrected chi connectivity index (χ1v) is 7.01. The number of likely N-dealkylation sites (tertiary alicyclic amines) is 1. The lowest BCUT2D eigenvalue weighted by molar-refractivity contribution is 0.122. The second-order valence-electron chi connectivity index (χ2n) is 5.71. The van der Waals surface area contributed by atoms with Crippen LogP contribution in [-0.2, 0) is 13.6 Å². The zero-order chi connectivity index (χ0) is 13.0. The van der Waals surface area contributed by atoms with E-state index in [0.29, 0.717) is 0 Å². The number of aromatic nitrogens is 2. The average molecular weight is 250 g/mol. The molecule has 1 aliphatic heterocycles. The standard InChI is InChI=1S/C14H26N4/c1-16(2)9-7-13-6-4-5-8-18(13)11-14-10-15-12-17(14)3/h10,12-13H,4-9,11H2,1-3H3. The van der Waals surface area contributed by atoms with Crippen LogP contribution < -0.4 is 0 Å². The van der Waals surface area contributed by atoms with Gasteiger partial charge in [-0.25, -0.2) is 4.98 Å². The van der Waals surface area contributed by atoms with Crippen molar-refractivity contribution in [1.82, 2.24) is 19.4 Å². The molecule has 18 heavy (non-hydrogen) atoms. The molecular weight excluding hydrogens is 224 g/mol. The molecule has 0 radical (unpaired) electrons. The third-order valence-corrected chi connectivity index (χ3v) is 3.94. The van der Waals surface area contributed by atoms with Crippen molar-refractivity contribution >= 4 is 0 Å². The molecule has 0 aromatic carbocycles. The minimum atomic E-state index is 0.746. The monoisotopic (exact) mass is 250 g/mol. The third kappa shape index (κ3) is 3.56. The van der Waals surface area contributed by atoms with E-state index in [0.717, 1.165) is 12.6 Å². The van der Waals surface area contributed by atoms with Crippen LogP contribution in [0.2, 0.25) is 0 Å². The van der Waals surface area contributed by atoms with Crippen LogP contribution in [0.3, 0.4) is 0 Å². The van der Waals surface area contributed by atoms with E-state index < -0.39 is 0 Å². The maximum absolute atomic E-state index is 4.21. The number of hydrogen-bond donors (Lipinski definition) is 0. The minimum Gasteiger partial charge on any atom is -0.337 e.